The highest BCUT2D eigenvalue weighted by molar-refractivity contribution is 7.10. The maximum Gasteiger partial charge on any atom is 0.134 e. The summed E-state index contributed by atoms with van der Waals surface area (Å²) in [5, 5.41) is 8.50. The smallest absolute Gasteiger partial charge is 0.134 e. The van der Waals surface area contributed by atoms with Crippen molar-refractivity contribution in [2.45, 2.75) is 25.4 Å². The summed E-state index contributed by atoms with van der Waals surface area (Å²) in [6.45, 7) is 5.82. The van der Waals surface area contributed by atoms with Gasteiger partial charge in [-0.2, -0.15) is 0 Å². The lowest BCUT2D eigenvalue weighted by Gasteiger charge is -2.37. The summed E-state index contributed by atoms with van der Waals surface area (Å²) < 4.78 is 4.02. The molecule has 2 fully saturated rings. The summed E-state index contributed by atoms with van der Waals surface area (Å²) in [7, 11) is 1.94. The molecule has 0 aliphatic carbocycles. The van der Waals surface area contributed by atoms with Gasteiger partial charge in [0.15, 0.2) is 0 Å². The van der Waals surface area contributed by atoms with Gasteiger partial charge in [0.1, 0.15) is 10.7 Å². The minimum absolute atomic E-state index is 0.786. The van der Waals surface area contributed by atoms with E-state index in [1.807, 2.05) is 7.05 Å². The zero-order valence-electron chi connectivity index (χ0n) is 10.2. The third-order valence-electron chi connectivity index (χ3n) is 3.83. The zero-order valence-corrected chi connectivity index (χ0v) is 11.0. The Labute approximate surface area is 106 Å². The quantitative estimate of drug-likeness (QED) is 0.865. The van der Waals surface area contributed by atoms with Crippen molar-refractivity contribution in [1.82, 2.24) is 19.4 Å². The van der Waals surface area contributed by atoms with Crippen LogP contribution in [0.1, 0.15) is 18.5 Å². The highest BCUT2D eigenvalue weighted by atomic mass is 32.1. The number of nitrogens with one attached hydrogen (secondary N) is 1. The van der Waals surface area contributed by atoms with E-state index < -0.39 is 0 Å². The number of anilines is 1. The first-order valence-corrected chi connectivity index (χ1v) is 7.09. The van der Waals surface area contributed by atoms with Crippen LogP contribution >= 0.6 is 11.5 Å². The van der Waals surface area contributed by atoms with E-state index in [0.717, 1.165) is 29.8 Å². The van der Waals surface area contributed by atoms with Crippen LogP contribution < -0.4 is 5.32 Å². The molecule has 2 aliphatic heterocycles. The molecule has 2 saturated heterocycles. The monoisotopic (exact) mass is 253 g/mol. The molecule has 3 rings (SSSR count). The van der Waals surface area contributed by atoms with Gasteiger partial charge in [-0.1, -0.05) is 4.49 Å². The van der Waals surface area contributed by atoms with Gasteiger partial charge in [0, 0.05) is 50.8 Å². The van der Waals surface area contributed by atoms with Crippen LogP contribution in [0.2, 0.25) is 0 Å². The summed E-state index contributed by atoms with van der Waals surface area (Å²) >= 11 is 1.45. The van der Waals surface area contributed by atoms with Crippen molar-refractivity contribution in [1.29, 1.82) is 0 Å². The number of hydrogen-bond donors (Lipinski definition) is 1. The molecule has 6 heteroatoms. The van der Waals surface area contributed by atoms with Gasteiger partial charge in [-0.25, -0.2) is 0 Å². The highest BCUT2D eigenvalue weighted by Gasteiger charge is 2.30. The molecule has 2 aliphatic rings. The Morgan fingerprint density at radius 3 is 3.24 bits per heavy atom. The van der Waals surface area contributed by atoms with Crippen molar-refractivity contribution in [2.24, 2.45) is 0 Å². The van der Waals surface area contributed by atoms with Crippen LogP contribution in [-0.2, 0) is 6.54 Å². The van der Waals surface area contributed by atoms with Crippen LogP contribution in [0.25, 0.3) is 0 Å². The van der Waals surface area contributed by atoms with Gasteiger partial charge in [-0.15, -0.1) is 5.10 Å². The number of fused-ring (bicyclic) bond motifs is 1. The van der Waals surface area contributed by atoms with E-state index in [0.29, 0.717) is 0 Å². The second-order valence-electron chi connectivity index (χ2n) is 4.87. The van der Waals surface area contributed by atoms with Gasteiger partial charge in [0.05, 0.1) is 0 Å². The lowest BCUT2D eigenvalue weighted by atomic mass is 10.1. The molecule has 0 saturated carbocycles. The van der Waals surface area contributed by atoms with Crippen LogP contribution in [0.3, 0.4) is 0 Å². The SMILES string of the molecule is CNc1snnc1CN1CCN2CCCC2C1. The second kappa shape index (κ2) is 4.88. The van der Waals surface area contributed by atoms with Crippen LogP contribution in [0.15, 0.2) is 0 Å². The van der Waals surface area contributed by atoms with Crippen molar-refractivity contribution in [3.63, 3.8) is 0 Å². The first kappa shape index (κ1) is 11.4. The second-order valence-corrected chi connectivity index (χ2v) is 5.62. The molecular weight excluding hydrogens is 234 g/mol. The molecule has 1 unspecified atom stereocenters. The predicted octanol–water partition coefficient (Wildman–Crippen LogP) is 0.860. The standard InChI is InChI=1S/C11H19N5S/c1-12-11-10(13-14-17-11)8-15-5-6-16-4-2-3-9(16)7-15/h9,12H,2-8H2,1H3. The van der Waals surface area contributed by atoms with Crippen molar-refractivity contribution in [3.05, 3.63) is 5.69 Å². The average Bonchev–Trinajstić information content (AvgIpc) is 2.96. The Bertz CT molecular complexity index is 380. The fourth-order valence-electron chi connectivity index (χ4n) is 2.91. The first-order valence-electron chi connectivity index (χ1n) is 6.32. The van der Waals surface area contributed by atoms with Crippen molar-refractivity contribution in [2.75, 3.05) is 38.5 Å². The lowest BCUT2D eigenvalue weighted by Crippen LogP contribution is -2.49. The summed E-state index contributed by atoms with van der Waals surface area (Å²) in [5.41, 5.74) is 1.10. The number of hydrogen-bond acceptors (Lipinski definition) is 6. The molecule has 3 heterocycles. The number of nitrogens with zero attached hydrogens (tertiary/aromatic N) is 4. The Hall–Kier alpha value is -0.720. The Kier molecular flexibility index (Phi) is 3.26. The van der Waals surface area contributed by atoms with E-state index in [1.54, 1.807) is 0 Å². The molecule has 94 valence electrons. The molecular formula is C11H19N5S. The molecule has 0 aromatic carbocycles. The summed E-state index contributed by atoms with van der Waals surface area (Å²) in [6, 6.07) is 0.786. The molecule has 1 atom stereocenters. The molecule has 1 aromatic rings. The van der Waals surface area contributed by atoms with Crippen LogP contribution in [-0.4, -0.2) is 58.7 Å². The van der Waals surface area contributed by atoms with Crippen LogP contribution in [0.4, 0.5) is 5.00 Å². The average molecular weight is 253 g/mol. The number of piperazine rings is 1. The van der Waals surface area contributed by atoms with Gasteiger partial charge in [0.25, 0.3) is 0 Å². The topological polar surface area (TPSA) is 44.3 Å². The van der Waals surface area contributed by atoms with E-state index in [-0.39, 0.29) is 0 Å². The molecule has 0 bridgehead atoms. The maximum absolute atomic E-state index is 4.22. The van der Waals surface area contributed by atoms with Gasteiger partial charge >= 0.3 is 0 Å². The summed E-state index contributed by atoms with van der Waals surface area (Å²) in [5.74, 6) is 0. The zero-order chi connectivity index (χ0) is 11.7. The third kappa shape index (κ3) is 2.29. The minimum Gasteiger partial charge on any atom is -0.377 e. The molecule has 1 aromatic heterocycles. The fraction of sp³-hybridized carbons (Fsp3) is 0.818. The van der Waals surface area contributed by atoms with Gasteiger partial charge in [-0.3, -0.25) is 9.80 Å². The third-order valence-corrected chi connectivity index (χ3v) is 4.61. The van der Waals surface area contributed by atoms with Gasteiger partial charge < -0.3 is 5.32 Å². The first-order chi connectivity index (χ1) is 8.36. The molecule has 0 amide bonds. The van der Waals surface area contributed by atoms with Gasteiger partial charge in [-0.05, 0) is 19.4 Å². The predicted molar refractivity (Wildman–Crippen MR) is 69.3 cm³/mol. The molecule has 17 heavy (non-hydrogen) atoms. The highest BCUT2D eigenvalue weighted by Crippen LogP contribution is 2.24. The largest absolute Gasteiger partial charge is 0.377 e. The molecule has 1 N–H and O–H groups in total. The van der Waals surface area contributed by atoms with E-state index in [4.69, 9.17) is 0 Å². The van der Waals surface area contributed by atoms with Crippen LogP contribution in [0, 0.1) is 0 Å². The number of aromatic nitrogens is 2. The van der Waals surface area contributed by atoms with E-state index in [9.17, 15) is 0 Å². The molecule has 0 spiro atoms. The van der Waals surface area contributed by atoms with Crippen molar-refractivity contribution >= 4 is 16.5 Å². The Morgan fingerprint density at radius 1 is 1.41 bits per heavy atom. The summed E-state index contributed by atoms with van der Waals surface area (Å²) in [6.07, 6.45) is 2.74. The Morgan fingerprint density at radius 2 is 2.35 bits per heavy atom. The molecule has 5 nitrogen and oxygen atoms in total. The normalized spacial score (nSPS) is 26.1. The van der Waals surface area contributed by atoms with E-state index in [2.05, 4.69) is 24.7 Å². The van der Waals surface area contributed by atoms with E-state index >= 15 is 0 Å². The minimum atomic E-state index is 0.786. The molecule has 0 radical (unpaired) electrons. The van der Waals surface area contributed by atoms with Gasteiger partial charge in [0.2, 0.25) is 0 Å². The fourth-order valence-corrected chi connectivity index (χ4v) is 3.44. The van der Waals surface area contributed by atoms with Crippen molar-refractivity contribution < 1.29 is 0 Å². The van der Waals surface area contributed by atoms with Crippen molar-refractivity contribution in [3.8, 4) is 0 Å². The van der Waals surface area contributed by atoms with Crippen LogP contribution in [0.5, 0.6) is 0 Å². The Balaban J connectivity index is 1.62. The lowest BCUT2D eigenvalue weighted by molar-refractivity contribution is 0.0986. The maximum atomic E-state index is 4.22. The number of rotatable bonds is 3. The van der Waals surface area contributed by atoms with E-state index in [1.165, 1.54) is 44.0 Å². The summed E-state index contributed by atoms with van der Waals surface area (Å²) in [4.78, 5) is 5.15.